The van der Waals surface area contributed by atoms with Crippen molar-refractivity contribution >= 4 is 11.0 Å². The Morgan fingerprint density at radius 1 is 1.50 bits per heavy atom. The molecule has 0 aliphatic rings. The number of nitrogens with one attached hydrogen (secondary N) is 1. The van der Waals surface area contributed by atoms with E-state index in [1.807, 2.05) is 25.1 Å². The first kappa shape index (κ1) is 11.1. The lowest BCUT2D eigenvalue weighted by Gasteiger charge is -2.06. The fourth-order valence-electron chi connectivity index (χ4n) is 1.75. The van der Waals surface area contributed by atoms with Gasteiger partial charge in [0.25, 0.3) is 0 Å². The second-order valence-corrected chi connectivity index (χ2v) is 3.98. The van der Waals surface area contributed by atoms with Gasteiger partial charge in [0.1, 0.15) is 5.82 Å². The Hall–Kier alpha value is -1.39. The van der Waals surface area contributed by atoms with E-state index in [0.29, 0.717) is 6.61 Å². The lowest BCUT2D eigenvalue weighted by atomic mass is 10.2. The minimum Gasteiger partial charge on any atom is -0.385 e. The zero-order valence-corrected chi connectivity index (χ0v) is 9.66. The summed E-state index contributed by atoms with van der Waals surface area (Å²) in [5.74, 6) is 0.835. The molecule has 0 saturated heterocycles. The van der Waals surface area contributed by atoms with Gasteiger partial charge >= 0.3 is 0 Å². The summed E-state index contributed by atoms with van der Waals surface area (Å²) in [7, 11) is 1.68. The number of H-pyrrole nitrogens is 1. The number of hydrogen-bond acceptors (Lipinski definition) is 3. The molecule has 2 rings (SSSR count). The fourth-order valence-corrected chi connectivity index (χ4v) is 1.75. The number of aromatic amines is 1. The van der Waals surface area contributed by atoms with Crippen LogP contribution < -0.4 is 5.73 Å². The summed E-state index contributed by atoms with van der Waals surface area (Å²) in [6.07, 6.45) is 0.773. The first-order valence-electron chi connectivity index (χ1n) is 5.42. The predicted octanol–water partition coefficient (Wildman–Crippen LogP) is 1.91. The van der Waals surface area contributed by atoms with Crippen LogP contribution in [0.15, 0.2) is 18.2 Å². The molecule has 1 aromatic heterocycles. The third kappa shape index (κ3) is 2.08. The van der Waals surface area contributed by atoms with Gasteiger partial charge in [0, 0.05) is 13.7 Å². The molecule has 0 unspecified atom stereocenters. The van der Waals surface area contributed by atoms with E-state index in [2.05, 4.69) is 9.97 Å². The van der Waals surface area contributed by atoms with Crippen LogP contribution in [0.2, 0.25) is 0 Å². The number of benzene rings is 1. The summed E-state index contributed by atoms with van der Waals surface area (Å²) in [6, 6.07) is 5.99. The highest BCUT2D eigenvalue weighted by Crippen LogP contribution is 2.19. The molecule has 0 bridgehead atoms. The predicted molar refractivity (Wildman–Crippen MR) is 64.3 cm³/mol. The van der Waals surface area contributed by atoms with E-state index in [0.717, 1.165) is 23.3 Å². The summed E-state index contributed by atoms with van der Waals surface area (Å²) >= 11 is 0. The van der Waals surface area contributed by atoms with E-state index in [-0.39, 0.29) is 6.04 Å². The van der Waals surface area contributed by atoms with Crippen molar-refractivity contribution in [2.75, 3.05) is 13.7 Å². The van der Waals surface area contributed by atoms with Crippen LogP contribution in [0, 0.1) is 6.92 Å². The Bertz CT molecular complexity index is 478. The summed E-state index contributed by atoms with van der Waals surface area (Å²) in [6.45, 7) is 2.70. The maximum absolute atomic E-state index is 6.02. The number of hydrogen-bond donors (Lipinski definition) is 2. The smallest absolute Gasteiger partial charge is 0.124 e. The molecule has 0 spiro atoms. The monoisotopic (exact) mass is 219 g/mol. The standard InChI is InChI=1S/C12H17N3O/c1-8-4-3-5-10-11(8)15-12(14-10)9(13)6-7-16-2/h3-5,9H,6-7,13H2,1-2H3,(H,14,15)/t9-/m0/s1. The highest BCUT2D eigenvalue weighted by atomic mass is 16.5. The van der Waals surface area contributed by atoms with Gasteiger partial charge in [-0.3, -0.25) is 0 Å². The number of fused-ring (bicyclic) bond motifs is 1. The number of methoxy groups -OCH3 is 1. The average molecular weight is 219 g/mol. The molecule has 1 aromatic carbocycles. The van der Waals surface area contributed by atoms with Crippen LogP contribution in [-0.2, 0) is 4.74 Å². The topological polar surface area (TPSA) is 63.9 Å². The number of imidazole rings is 1. The molecule has 3 N–H and O–H groups in total. The van der Waals surface area contributed by atoms with Crippen molar-refractivity contribution in [1.82, 2.24) is 9.97 Å². The molecule has 4 heteroatoms. The van der Waals surface area contributed by atoms with E-state index in [1.54, 1.807) is 7.11 Å². The van der Waals surface area contributed by atoms with Crippen LogP contribution in [0.25, 0.3) is 11.0 Å². The lowest BCUT2D eigenvalue weighted by Crippen LogP contribution is -2.14. The van der Waals surface area contributed by atoms with Gasteiger partial charge in [0.15, 0.2) is 0 Å². The molecule has 1 heterocycles. The van der Waals surface area contributed by atoms with Crippen molar-refractivity contribution in [3.63, 3.8) is 0 Å². The molecule has 0 radical (unpaired) electrons. The summed E-state index contributed by atoms with van der Waals surface area (Å²) in [5, 5.41) is 0. The van der Waals surface area contributed by atoms with Crippen LogP contribution >= 0.6 is 0 Å². The fraction of sp³-hybridized carbons (Fsp3) is 0.417. The first-order chi connectivity index (χ1) is 7.72. The van der Waals surface area contributed by atoms with E-state index < -0.39 is 0 Å². The zero-order chi connectivity index (χ0) is 11.5. The Morgan fingerprint density at radius 3 is 3.00 bits per heavy atom. The quantitative estimate of drug-likeness (QED) is 0.825. The Balaban J connectivity index is 2.29. The van der Waals surface area contributed by atoms with Crippen LogP contribution in [-0.4, -0.2) is 23.7 Å². The minimum atomic E-state index is -0.0910. The van der Waals surface area contributed by atoms with Gasteiger partial charge in [-0.15, -0.1) is 0 Å². The zero-order valence-electron chi connectivity index (χ0n) is 9.66. The van der Waals surface area contributed by atoms with E-state index in [9.17, 15) is 0 Å². The van der Waals surface area contributed by atoms with Crippen molar-refractivity contribution in [2.45, 2.75) is 19.4 Å². The molecule has 0 saturated carbocycles. The first-order valence-corrected chi connectivity index (χ1v) is 5.42. The van der Waals surface area contributed by atoms with Gasteiger partial charge in [-0.05, 0) is 25.0 Å². The van der Waals surface area contributed by atoms with Crippen LogP contribution in [0.5, 0.6) is 0 Å². The number of aryl methyl sites for hydroxylation is 1. The molecular weight excluding hydrogens is 202 g/mol. The second kappa shape index (κ2) is 4.63. The van der Waals surface area contributed by atoms with E-state index in [1.165, 1.54) is 5.56 Å². The van der Waals surface area contributed by atoms with Crippen molar-refractivity contribution in [2.24, 2.45) is 5.73 Å². The largest absolute Gasteiger partial charge is 0.385 e. The van der Waals surface area contributed by atoms with E-state index >= 15 is 0 Å². The number of nitrogens with zero attached hydrogens (tertiary/aromatic N) is 1. The average Bonchev–Trinajstić information content (AvgIpc) is 2.71. The third-order valence-electron chi connectivity index (χ3n) is 2.72. The molecule has 16 heavy (non-hydrogen) atoms. The van der Waals surface area contributed by atoms with Crippen molar-refractivity contribution < 1.29 is 4.74 Å². The number of aromatic nitrogens is 2. The Labute approximate surface area is 94.8 Å². The molecule has 4 nitrogen and oxygen atoms in total. The SMILES string of the molecule is COCC[C@H](N)c1nc2c(C)cccc2[nH]1. The minimum absolute atomic E-state index is 0.0910. The molecule has 0 aliphatic heterocycles. The van der Waals surface area contributed by atoms with Crippen LogP contribution in [0.1, 0.15) is 23.9 Å². The highest BCUT2D eigenvalue weighted by Gasteiger charge is 2.11. The van der Waals surface area contributed by atoms with E-state index in [4.69, 9.17) is 10.5 Å². The van der Waals surface area contributed by atoms with Gasteiger partial charge in [-0.1, -0.05) is 12.1 Å². The normalized spacial score (nSPS) is 13.2. The van der Waals surface area contributed by atoms with Crippen LogP contribution in [0.3, 0.4) is 0 Å². The summed E-state index contributed by atoms with van der Waals surface area (Å²) < 4.78 is 5.01. The highest BCUT2D eigenvalue weighted by molar-refractivity contribution is 5.78. The van der Waals surface area contributed by atoms with Gasteiger partial charge in [-0.25, -0.2) is 4.98 Å². The number of ether oxygens (including phenoxy) is 1. The van der Waals surface area contributed by atoms with Crippen LogP contribution in [0.4, 0.5) is 0 Å². The number of para-hydroxylation sites is 1. The maximum atomic E-state index is 6.02. The maximum Gasteiger partial charge on any atom is 0.124 e. The Morgan fingerprint density at radius 2 is 2.31 bits per heavy atom. The van der Waals surface area contributed by atoms with Gasteiger partial charge < -0.3 is 15.5 Å². The van der Waals surface area contributed by atoms with Gasteiger partial charge in [-0.2, -0.15) is 0 Å². The lowest BCUT2D eigenvalue weighted by molar-refractivity contribution is 0.187. The second-order valence-electron chi connectivity index (χ2n) is 3.98. The third-order valence-corrected chi connectivity index (χ3v) is 2.72. The molecule has 0 fully saturated rings. The van der Waals surface area contributed by atoms with Gasteiger partial charge in [0.2, 0.25) is 0 Å². The van der Waals surface area contributed by atoms with Gasteiger partial charge in [0.05, 0.1) is 17.1 Å². The van der Waals surface area contributed by atoms with Crippen molar-refractivity contribution in [3.8, 4) is 0 Å². The molecule has 86 valence electrons. The summed E-state index contributed by atoms with van der Waals surface area (Å²) in [5.41, 5.74) is 9.24. The molecule has 0 amide bonds. The molecular formula is C12H17N3O. The van der Waals surface area contributed by atoms with Crippen molar-refractivity contribution in [1.29, 1.82) is 0 Å². The number of nitrogens with two attached hydrogens (primary N) is 1. The number of rotatable bonds is 4. The molecule has 0 aliphatic carbocycles. The molecule has 2 aromatic rings. The Kier molecular flexibility index (Phi) is 3.22. The molecule has 1 atom stereocenters. The summed E-state index contributed by atoms with van der Waals surface area (Å²) in [4.78, 5) is 7.78. The van der Waals surface area contributed by atoms with Crippen molar-refractivity contribution in [3.05, 3.63) is 29.6 Å².